The molecule has 1 saturated carbocycles. The van der Waals surface area contributed by atoms with Gasteiger partial charge in [-0.05, 0) is 53.7 Å². The van der Waals surface area contributed by atoms with Gasteiger partial charge in [0.1, 0.15) is 0 Å². The van der Waals surface area contributed by atoms with Gasteiger partial charge in [-0.25, -0.2) is 0 Å². The highest BCUT2D eigenvalue weighted by molar-refractivity contribution is 9.11. The van der Waals surface area contributed by atoms with Crippen molar-refractivity contribution in [2.75, 3.05) is 0 Å². The Balaban J connectivity index is 1.71. The minimum absolute atomic E-state index is 0.147. The summed E-state index contributed by atoms with van der Waals surface area (Å²) in [6.45, 7) is 0. The normalized spacial score (nSPS) is 23.9. The van der Waals surface area contributed by atoms with Crippen LogP contribution in [0.15, 0.2) is 15.9 Å². The number of nitrogens with one attached hydrogen (secondary N) is 1. The summed E-state index contributed by atoms with van der Waals surface area (Å²) in [5.74, 6) is 0.147. The van der Waals surface area contributed by atoms with Crippen LogP contribution in [0.1, 0.15) is 30.6 Å². The molecule has 0 spiro atoms. The minimum atomic E-state index is 0.147. The van der Waals surface area contributed by atoms with Crippen molar-refractivity contribution in [3.8, 4) is 0 Å². The first-order chi connectivity index (χ1) is 8.13. The van der Waals surface area contributed by atoms with Crippen molar-refractivity contribution in [1.29, 1.82) is 0 Å². The van der Waals surface area contributed by atoms with Crippen LogP contribution >= 0.6 is 27.3 Å². The Kier molecular flexibility index (Phi) is 4.59. The molecule has 0 aromatic carbocycles. The first kappa shape index (κ1) is 13.1. The molecule has 0 aliphatic heterocycles. The molecule has 1 fully saturated rings. The van der Waals surface area contributed by atoms with Crippen molar-refractivity contribution in [3.05, 3.63) is 20.8 Å². The van der Waals surface area contributed by atoms with Gasteiger partial charge < -0.3 is 11.1 Å². The highest BCUT2D eigenvalue weighted by atomic mass is 79.9. The summed E-state index contributed by atoms with van der Waals surface area (Å²) in [5, 5.41) is 3.06. The lowest BCUT2D eigenvalue weighted by molar-refractivity contribution is -0.121. The van der Waals surface area contributed by atoms with E-state index in [2.05, 4.69) is 27.3 Å². The van der Waals surface area contributed by atoms with Crippen molar-refractivity contribution in [3.63, 3.8) is 0 Å². The molecule has 1 aromatic heterocycles. The standard InChI is InChI=1S/C12H17BrN2OS/c13-11-5-3-10(17-11)4-6-12(16)15-9-2-1-8(14)7-9/h3,5,8-9H,1-2,4,6-7,14H2,(H,15,16). The third-order valence-electron chi connectivity index (χ3n) is 3.07. The maximum atomic E-state index is 11.7. The number of aryl methyl sites for hydroxylation is 1. The van der Waals surface area contributed by atoms with Gasteiger partial charge in [0.25, 0.3) is 0 Å². The quantitative estimate of drug-likeness (QED) is 0.896. The van der Waals surface area contributed by atoms with E-state index in [0.717, 1.165) is 29.5 Å². The number of nitrogens with two attached hydrogens (primary N) is 1. The zero-order valence-electron chi connectivity index (χ0n) is 9.62. The second-order valence-corrected chi connectivity index (χ2v) is 7.09. The van der Waals surface area contributed by atoms with Gasteiger partial charge in [0, 0.05) is 23.4 Å². The number of carbonyl (C=O) groups is 1. The maximum absolute atomic E-state index is 11.7. The zero-order valence-corrected chi connectivity index (χ0v) is 12.0. The molecule has 0 saturated heterocycles. The Hall–Kier alpha value is -0.390. The van der Waals surface area contributed by atoms with E-state index in [-0.39, 0.29) is 11.9 Å². The summed E-state index contributed by atoms with van der Waals surface area (Å²) in [4.78, 5) is 13.0. The van der Waals surface area contributed by atoms with Crippen molar-refractivity contribution in [2.45, 2.75) is 44.2 Å². The Bertz CT molecular complexity index is 394. The van der Waals surface area contributed by atoms with Gasteiger partial charge in [-0.3, -0.25) is 4.79 Å². The van der Waals surface area contributed by atoms with Crippen LogP contribution in [0.5, 0.6) is 0 Å². The third kappa shape index (κ3) is 4.08. The van der Waals surface area contributed by atoms with E-state index in [0.29, 0.717) is 12.5 Å². The van der Waals surface area contributed by atoms with Gasteiger partial charge in [0.15, 0.2) is 0 Å². The average Bonchev–Trinajstić information content (AvgIpc) is 2.85. The van der Waals surface area contributed by atoms with Gasteiger partial charge in [-0.2, -0.15) is 0 Å². The topological polar surface area (TPSA) is 55.1 Å². The third-order valence-corrected chi connectivity index (χ3v) is 4.75. The van der Waals surface area contributed by atoms with Crippen molar-refractivity contribution in [2.24, 2.45) is 5.73 Å². The number of hydrogen-bond acceptors (Lipinski definition) is 3. The van der Waals surface area contributed by atoms with Gasteiger partial charge >= 0.3 is 0 Å². The highest BCUT2D eigenvalue weighted by Crippen LogP contribution is 2.23. The predicted octanol–water partition coefficient (Wildman–Crippen LogP) is 2.44. The van der Waals surface area contributed by atoms with Crippen LogP contribution < -0.4 is 11.1 Å². The molecule has 3 nitrogen and oxygen atoms in total. The summed E-state index contributed by atoms with van der Waals surface area (Å²) in [7, 11) is 0. The fourth-order valence-corrected chi connectivity index (χ4v) is 3.65. The molecular weight excluding hydrogens is 300 g/mol. The molecule has 1 aliphatic carbocycles. The molecule has 94 valence electrons. The lowest BCUT2D eigenvalue weighted by Gasteiger charge is -2.11. The Labute approximate surface area is 114 Å². The number of hydrogen-bond donors (Lipinski definition) is 2. The molecule has 0 radical (unpaired) electrons. The maximum Gasteiger partial charge on any atom is 0.220 e. The van der Waals surface area contributed by atoms with Crippen LogP contribution in [-0.2, 0) is 11.2 Å². The van der Waals surface area contributed by atoms with Crippen molar-refractivity contribution >= 4 is 33.2 Å². The molecule has 2 rings (SSSR count). The molecule has 0 bridgehead atoms. The molecule has 17 heavy (non-hydrogen) atoms. The summed E-state index contributed by atoms with van der Waals surface area (Å²) in [6, 6.07) is 4.66. The second kappa shape index (κ2) is 5.98. The molecule has 1 amide bonds. The Morgan fingerprint density at radius 3 is 2.94 bits per heavy atom. The molecule has 1 heterocycles. The predicted molar refractivity (Wildman–Crippen MR) is 74.1 cm³/mol. The lowest BCUT2D eigenvalue weighted by Crippen LogP contribution is -2.34. The number of thiophene rings is 1. The SMILES string of the molecule is NC1CCC(NC(=O)CCc2ccc(Br)s2)C1. The summed E-state index contributed by atoms with van der Waals surface area (Å²) >= 11 is 5.11. The molecular formula is C12H17BrN2OS. The van der Waals surface area contributed by atoms with Gasteiger partial charge in [-0.1, -0.05) is 0 Å². The number of rotatable bonds is 4. The van der Waals surface area contributed by atoms with Crippen LogP contribution in [0.3, 0.4) is 0 Å². The monoisotopic (exact) mass is 316 g/mol. The van der Waals surface area contributed by atoms with E-state index in [9.17, 15) is 4.79 Å². The van der Waals surface area contributed by atoms with Gasteiger partial charge in [0.05, 0.1) is 3.79 Å². The van der Waals surface area contributed by atoms with Crippen LogP contribution in [0.2, 0.25) is 0 Å². The van der Waals surface area contributed by atoms with E-state index < -0.39 is 0 Å². The van der Waals surface area contributed by atoms with E-state index in [1.54, 1.807) is 11.3 Å². The summed E-state index contributed by atoms with van der Waals surface area (Å²) in [6.07, 6.45) is 4.37. The van der Waals surface area contributed by atoms with Gasteiger partial charge in [0.2, 0.25) is 5.91 Å². The smallest absolute Gasteiger partial charge is 0.220 e. The average molecular weight is 317 g/mol. The van der Waals surface area contributed by atoms with E-state index in [1.165, 1.54) is 4.88 Å². The molecule has 2 atom stereocenters. The molecule has 1 aromatic rings. The second-order valence-electron chi connectivity index (χ2n) is 4.54. The van der Waals surface area contributed by atoms with E-state index >= 15 is 0 Å². The number of carbonyl (C=O) groups excluding carboxylic acids is 1. The van der Waals surface area contributed by atoms with Crippen molar-refractivity contribution < 1.29 is 4.79 Å². The Morgan fingerprint density at radius 2 is 2.35 bits per heavy atom. The van der Waals surface area contributed by atoms with E-state index in [1.807, 2.05) is 6.07 Å². The van der Waals surface area contributed by atoms with Crippen molar-refractivity contribution in [1.82, 2.24) is 5.32 Å². The first-order valence-electron chi connectivity index (χ1n) is 5.92. The lowest BCUT2D eigenvalue weighted by atomic mass is 10.2. The molecule has 2 unspecified atom stereocenters. The fourth-order valence-electron chi connectivity index (χ4n) is 2.17. The van der Waals surface area contributed by atoms with Gasteiger partial charge in [-0.15, -0.1) is 11.3 Å². The summed E-state index contributed by atoms with van der Waals surface area (Å²) in [5.41, 5.74) is 5.81. The zero-order chi connectivity index (χ0) is 12.3. The number of amides is 1. The van der Waals surface area contributed by atoms with Crippen LogP contribution in [0, 0.1) is 0 Å². The highest BCUT2D eigenvalue weighted by Gasteiger charge is 2.22. The molecule has 5 heteroatoms. The van der Waals surface area contributed by atoms with Crippen LogP contribution in [0.4, 0.5) is 0 Å². The van der Waals surface area contributed by atoms with E-state index in [4.69, 9.17) is 5.73 Å². The fraction of sp³-hybridized carbons (Fsp3) is 0.583. The largest absolute Gasteiger partial charge is 0.353 e. The van der Waals surface area contributed by atoms with Crippen LogP contribution in [-0.4, -0.2) is 18.0 Å². The number of halogens is 1. The molecule has 1 aliphatic rings. The van der Waals surface area contributed by atoms with Crippen LogP contribution in [0.25, 0.3) is 0 Å². The summed E-state index contributed by atoms with van der Waals surface area (Å²) < 4.78 is 1.12. The minimum Gasteiger partial charge on any atom is -0.353 e. The molecule has 3 N–H and O–H groups in total. The Morgan fingerprint density at radius 1 is 1.53 bits per heavy atom. The first-order valence-corrected chi connectivity index (χ1v) is 7.53.